The van der Waals surface area contributed by atoms with E-state index in [1.165, 1.54) is 0 Å². The Morgan fingerprint density at radius 1 is 1.41 bits per heavy atom. The van der Waals surface area contributed by atoms with Crippen molar-refractivity contribution in [2.24, 2.45) is 0 Å². The first-order chi connectivity index (χ1) is 10.4. The summed E-state index contributed by atoms with van der Waals surface area (Å²) in [7, 11) is 1.55. The number of pyridine rings is 1. The lowest BCUT2D eigenvalue weighted by atomic mass is 10.0. The van der Waals surface area contributed by atoms with Gasteiger partial charge in [0.2, 0.25) is 11.8 Å². The van der Waals surface area contributed by atoms with Gasteiger partial charge < -0.3 is 19.3 Å². The summed E-state index contributed by atoms with van der Waals surface area (Å²) in [5, 5.41) is 0. The van der Waals surface area contributed by atoms with Crippen molar-refractivity contribution in [2.45, 2.75) is 32.4 Å². The van der Waals surface area contributed by atoms with E-state index in [2.05, 4.69) is 30.7 Å². The molecule has 3 aliphatic heterocycles. The lowest BCUT2D eigenvalue weighted by Crippen LogP contribution is -2.59. The van der Waals surface area contributed by atoms with Crippen LogP contribution >= 0.6 is 0 Å². The van der Waals surface area contributed by atoms with Gasteiger partial charge in [-0.2, -0.15) is 0 Å². The number of aromatic nitrogens is 1. The highest BCUT2D eigenvalue weighted by Gasteiger charge is 2.41. The normalized spacial score (nSPS) is 20.5. The number of amides is 1. The van der Waals surface area contributed by atoms with Gasteiger partial charge in [-0.15, -0.1) is 0 Å². The first kappa shape index (κ1) is 14.7. The molecule has 0 aromatic carbocycles. The average Bonchev–Trinajstić information content (AvgIpc) is 2.53. The molecule has 1 amide bonds. The monoisotopic (exact) mass is 303 g/mol. The van der Waals surface area contributed by atoms with Crippen molar-refractivity contribution in [3.05, 3.63) is 36.0 Å². The SMILES string of the molecule is COc1ccc(C(=O)N2C=C3OCC2CN3C(C)(C)C)cn1. The molecular formula is C16H21N3O3. The highest BCUT2D eigenvalue weighted by molar-refractivity contribution is 5.95. The highest BCUT2D eigenvalue weighted by Crippen LogP contribution is 2.32. The maximum absolute atomic E-state index is 12.7. The van der Waals surface area contributed by atoms with Crippen LogP contribution in [0.25, 0.3) is 0 Å². The maximum atomic E-state index is 12.7. The zero-order valence-electron chi connectivity index (χ0n) is 13.4. The number of carbonyl (C=O) groups excluding carboxylic acids is 1. The van der Waals surface area contributed by atoms with Crippen LogP contribution in [0.2, 0.25) is 0 Å². The summed E-state index contributed by atoms with van der Waals surface area (Å²) in [6.07, 6.45) is 3.35. The van der Waals surface area contributed by atoms with Crippen molar-refractivity contribution in [1.82, 2.24) is 14.8 Å². The third kappa shape index (κ3) is 2.49. The molecule has 1 atom stereocenters. The molecule has 6 heteroatoms. The summed E-state index contributed by atoms with van der Waals surface area (Å²) in [4.78, 5) is 20.7. The molecule has 0 spiro atoms. The molecule has 0 N–H and O–H groups in total. The molecule has 4 heterocycles. The first-order valence-corrected chi connectivity index (χ1v) is 7.35. The molecule has 0 aliphatic carbocycles. The third-order valence-corrected chi connectivity index (χ3v) is 3.96. The van der Waals surface area contributed by atoms with Gasteiger partial charge in [-0.3, -0.25) is 4.79 Å². The minimum Gasteiger partial charge on any atom is -0.481 e. The zero-order valence-corrected chi connectivity index (χ0v) is 13.4. The number of ether oxygens (including phenoxy) is 2. The number of rotatable bonds is 2. The minimum atomic E-state index is -0.0606. The molecule has 6 nitrogen and oxygen atoms in total. The van der Waals surface area contributed by atoms with E-state index in [1.807, 2.05) is 0 Å². The Hall–Kier alpha value is -2.24. The number of hydrogen-bond acceptors (Lipinski definition) is 5. The fourth-order valence-electron chi connectivity index (χ4n) is 2.72. The maximum Gasteiger partial charge on any atom is 0.259 e. The Balaban J connectivity index is 1.84. The molecule has 4 rings (SSSR count). The lowest BCUT2D eigenvalue weighted by Gasteiger charge is -2.50. The molecule has 1 unspecified atom stereocenters. The average molecular weight is 303 g/mol. The number of methoxy groups -OCH3 is 1. The number of fused-ring (bicyclic) bond motifs is 3. The molecule has 3 aliphatic rings. The largest absolute Gasteiger partial charge is 0.481 e. The van der Waals surface area contributed by atoms with Gasteiger partial charge in [-0.1, -0.05) is 0 Å². The Morgan fingerprint density at radius 3 is 2.68 bits per heavy atom. The number of hydrogen-bond donors (Lipinski definition) is 0. The first-order valence-electron chi connectivity index (χ1n) is 7.35. The molecule has 1 fully saturated rings. The molecule has 0 saturated carbocycles. The summed E-state index contributed by atoms with van der Waals surface area (Å²) in [5.41, 5.74) is 0.522. The fraction of sp³-hybridized carbons (Fsp3) is 0.500. The third-order valence-electron chi connectivity index (χ3n) is 3.96. The van der Waals surface area contributed by atoms with Gasteiger partial charge in [0.25, 0.3) is 5.91 Å². The quantitative estimate of drug-likeness (QED) is 0.834. The predicted molar refractivity (Wildman–Crippen MR) is 81.2 cm³/mol. The summed E-state index contributed by atoms with van der Waals surface area (Å²) in [6.45, 7) is 7.73. The standard InChI is InChI=1S/C16H21N3O3/c1-16(2,3)19-8-12-10-22-14(19)9-18(12)15(20)11-5-6-13(21-4)17-7-11/h5-7,9,12H,8,10H2,1-4H3. The molecule has 1 aromatic rings. The van der Waals surface area contributed by atoms with Crippen molar-refractivity contribution in [3.63, 3.8) is 0 Å². The van der Waals surface area contributed by atoms with E-state index in [0.29, 0.717) is 18.1 Å². The van der Waals surface area contributed by atoms with Gasteiger partial charge >= 0.3 is 0 Å². The van der Waals surface area contributed by atoms with Gasteiger partial charge in [-0.25, -0.2) is 4.98 Å². The number of nitrogens with zero attached hydrogens (tertiary/aromatic N) is 3. The van der Waals surface area contributed by atoms with Crippen LogP contribution < -0.4 is 4.74 Å². The second-order valence-electron chi connectivity index (χ2n) is 6.52. The highest BCUT2D eigenvalue weighted by atomic mass is 16.5. The molecule has 22 heavy (non-hydrogen) atoms. The molecule has 1 aromatic heterocycles. The Bertz CT molecular complexity index is 604. The lowest BCUT2D eigenvalue weighted by molar-refractivity contribution is -0.0519. The van der Waals surface area contributed by atoms with Gasteiger partial charge in [0.1, 0.15) is 6.61 Å². The van der Waals surface area contributed by atoms with Crippen LogP contribution in [0, 0.1) is 0 Å². The second kappa shape index (κ2) is 5.19. The van der Waals surface area contributed by atoms with Crippen molar-refractivity contribution in [3.8, 4) is 5.88 Å². The van der Waals surface area contributed by atoms with Gasteiger partial charge in [0.05, 0.1) is 24.9 Å². The van der Waals surface area contributed by atoms with Crippen LogP contribution in [0.15, 0.2) is 30.4 Å². The Labute approximate surface area is 130 Å². The van der Waals surface area contributed by atoms with E-state index in [4.69, 9.17) is 9.47 Å². The van der Waals surface area contributed by atoms with Crippen LogP contribution in [0.5, 0.6) is 5.88 Å². The van der Waals surface area contributed by atoms with Crippen molar-refractivity contribution < 1.29 is 14.3 Å². The van der Waals surface area contributed by atoms with Gasteiger partial charge in [0, 0.05) is 24.3 Å². The fourth-order valence-corrected chi connectivity index (χ4v) is 2.72. The Kier molecular flexibility index (Phi) is 3.47. The van der Waals surface area contributed by atoms with E-state index in [1.54, 1.807) is 36.5 Å². The van der Waals surface area contributed by atoms with Crippen LogP contribution in [0.3, 0.4) is 0 Å². The number of carbonyl (C=O) groups is 1. The van der Waals surface area contributed by atoms with Crippen LogP contribution in [-0.4, -0.2) is 52.5 Å². The molecule has 0 radical (unpaired) electrons. The van der Waals surface area contributed by atoms with E-state index in [9.17, 15) is 4.79 Å². The minimum absolute atomic E-state index is 0.0197. The predicted octanol–water partition coefficient (Wildman–Crippen LogP) is 1.84. The summed E-state index contributed by atoms with van der Waals surface area (Å²) in [6, 6.07) is 3.45. The molecule has 2 bridgehead atoms. The van der Waals surface area contributed by atoms with E-state index >= 15 is 0 Å². The van der Waals surface area contributed by atoms with Crippen LogP contribution in [0.4, 0.5) is 0 Å². The van der Waals surface area contributed by atoms with Crippen molar-refractivity contribution in [1.29, 1.82) is 0 Å². The van der Waals surface area contributed by atoms with Crippen molar-refractivity contribution in [2.75, 3.05) is 20.3 Å². The van der Waals surface area contributed by atoms with Crippen molar-refractivity contribution >= 4 is 5.91 Å². The Morgan fingerprint density at radius 2 is 2.18 bits per heavy atom. The molecule has 118 valence electrons. The second-order valence-corrected chi connectivity index (χ2v) is 6.52. The topological polar surface area (TPSA) is 54.9 Å². The smallest absolute Gasteiger partial charge is 0.259 e. The van der Waals surface area contributed by atoms with Gasteiger partial charge in [-0.05, 0) is 26.8 Å². The van der Waals surface area contributed by atoms with Gasteiger partial charge in [0.15, 0.2) is 0 Å². The van der Waals surface area contributed by atoms with Crippen LogP contribution in [-0.2, 0) is 4.74 Å². The van der Waals surface area contributed by atoms with E-state index in [0.717, 1.165) is 12.4 Å². The van der Waals surface area contributed by atoms with E-state index in [-0.39, 0.29) is 17.5 Å². The summed E-state index contributed by atoms with van der Waals surface area (Å²) < 4.78 is 10.7. The summed E-state index contributed by atoms with van der Waals surface area (Å²) in [5.74, 6) is 1.19. The molecular weight excluding hydrogens is 282 g/mol. The zero-order chi connectivity index (χ0) is 15.9. The molecule has 1 saturated heterocycles. The van der Waals surface area contributed by atoms with E-state index < -0.39 is 0 Å². The van der Waals surface area contributed by atoms with Crippen LogP contribution in [0.1, 0.15) is 31.1 Å². The summed E-state index contributed by atoms with van der Waals surface area (Å²) >= 11 is 0.